The number of methoxy groups -OCH3 is 1. The predicted octanol–water partition coefficient (Wildman–Crippen LogP) is 0.751. The van der Waals surface area contributed by atoms with E-state index in [9.17, 15) is 4.79 Å². The van der Waals surface area contributed by atoms with Crippen LogP contribution >= 0.6 is 0 Å². The molecular weight excluding hydrogens is 192 g/mol. The smallest absolute Gasteiger partial charge is 0.323 e. The van der Waals surface area contributed by atoms with Crippen LogP contribution in [-0.2, 0) is 9.53 Å². The highest BCUT2D eigenvalue weighted by atomic mass is 16.5. The van der Waals surface area contributed by atoms with Crippen LogP contribution < -0.4 is 5.73 Å². The molecule has 2 unspecified atom stereocenters. The second-order valence-electron chi connectivity index (χ2n) is 4.07. The molecule has 0 aromatic heterocycles. The SMILES string of the molecule is CCC(CN)N1CCCCC1C(=O)OC. The average Bonchev–Trinajstić information content (AvgIpc) is 2.30. The van der Waals surface area contributed by atoms with Gasteiger partial charge in [0.25, 0.3) is 0 Å². The Labute approximate surface area is 91.8 Å². The minimum Gasteiger partial charge on any atom is -0.468 e. The zero-order valence-corrected chi connectivity index (χ0v) is 9.74. The van der Waals surface area contributed by atoms with Gasteiger partial charge in [-0.15, -0.1) is 0 Å². The van der Waals surface area contributed by atoms with Gasteiger partial charge in [0.1, 0.15) is 6.04 Å². The first-order valence-corrected chi connectivity index (χ1v) is 5.78. The van der Waals surface area contributed by atoms with Crippen LogP contribution in [0.2, 0.25) is 0 Å². The lowest BCUT2D eigenvalue weighted by atomic mass is 9.99. The summed E-state index contributed by atoms with van der Waals surface area (Å²) in [6.07, 6.45) is 4.16. The van der Waals surface area contributed by atoms with Crippen LogP contribution in [0, 0.1) is 0 Å². The molecule has 1 fully saturated rings. The summed E-state index contributed by atoms with van der Waals surface area (Å²) in [7, 11) is 1.46. The Bertz CT molecular complexity index is 205. The molecule has 0 aromatic carbocycles. The molecule has 1 rings (SSSR count). The van der Waals surface area contributed by atoms with Crippen molar-refractivity contribution in [2.45, 2.75) is 44.7 Å². The van der Waals surface area contributed by atoms with Crippen molar-refractivity contribution in [2.24, 2.45) is 5.73 Å². The van der Waals surface area contributed by atoms with Crippen LogP contribution in [-0.4, -0.2) is 43.2 Å². The summed E-state index contributed by atoms with van der Waals surface area (Å²) in [5, 5.41) is 0. The van der Waals surface area contributed by atoms with Crippen LogP contribution in [0.4, 0.5) is 0 Å². The fourth-order valence-electron chi connectivity index (χ4n) is 2.32. The Morgan fingerprint density at radius 3 is 2.87 bits per heavy atom. The van der Waals surface area contributed by atoms with Crippen LogP contribution in [0.5, 0.6) is 0 Å². The number of rotatable bonds is 4. The van der Waals surface area contributed by atoms with Crippen LogP contribution in [0.15, 0.2) is 0 Å². The zero-order valence-electron chi connectivity index (χ0n) is 9.74. The number of ether oxygens (including phenoxy) is 1. The van der Waals surface area contributed by atoms with Gasteiger partial charge in [0.15, 0.2) is 0 Å². The van der Waals surface area contributed by atoms with E-state index in [4.69, 9.17) is 10.5 Å². The molecule has 1 heterocycles. The summed E-state index contributed by atoms with van der Waals surface area (Å²) in [5.41, 5.74) is 5.72. The summed E-state index contributed by atoms with van der Waals surface area (Å²) in [5.74, 6) is -0.110. The van der Waals surface area contributed by atoms with Crippen molar-refractivity contribution in [1.82, 2.24) is 4.90 Å². The quantitative estimate of drug-likeness (QED) is 0.702. The van der Waals surface area contributed by atoms with E-state index < -0.39 is 0 Å². The molecule has 1 aliphatic rings. The van der Waals surface area contributed by atoms with Gasteiger partial charge in [0.2, 0.25) is 0 Å². The van der Waals surface area contributed by atoms with Crippen molar-refractivity contribution in [1.29, 1.82) is 0 Å². The molecule has 4 nitrogen and oxygen atoms in total. The predicted molar refractivity (Wildman–Crippen MR) is 59.5 cm³/mol. The summed E-state index contributed by atoms with van der Waals surface area (Å²) in [4.78, 5) is 13.8. The Morgan fingerprint density at radius 1 is 1.60 bits per heavy atom. The van der Waals surface area contributed by atoms with Crippen molar-refractivity contribution in [2.75, 3.05) is 20.2 Å². The van der Waals surface area contributed by atoms with E-state index in [1.54, 1.807) is 0 Å². The van der Waals surface area contributed by atoms with E-state index >= 15 is 0 Å². The van der Waals surface area contributed by atoms with Gasteiger partial charge < -0.3 is 10.5 Å². The number of hydrogen-bond acceptors (Lipinski definition) is 4. The average molecular weight is 214 g/mol. The molecule has 88 valence electrons. The van der Waals surface area contributed by atoms with E-state index in [1.165, 1.54) is 7.11 Å². The van der Waals surface area contributed by atoms with Gasteiger partial charge in [-0.1, -0.05) is 13.3 Å². The van der Waals surface area contributed by atoms with Gasteiger partial charge in [0.05, 0.1) is 7.11 Å². The maximum Gasteiger partial charge on any atom is 0.323 e. The standard InChI is InChI=1S/C11H22N2O2/c1-3-9(8-12)13-7-5-4-6-10(13)11(14)15-2/h9-10H,3-8,12H2,1-2H3. The van der Waals surface area contributed by atoms with Gasteiger partial charge in [-0.05, 0) is 25.8 Å². The molecule has 1 aliphatic heterocycles. The van der Waals surface area contributed by atoms with Crippen molar-refractivity contribution in [3.05, 3.63) is 0 Å². The number of likely N-dealkylation sites (tertiary alicyclic amines) is 1. The number of esters is 1. The third kappa shape index (κ3) is 2.92. The minimum atomic E-state index is -0.110. The summed E-state index contributed by atoms with van der Waals surface area (Å²) in [6, 6.07) is 0.242. The first-order valence-electron chi connectivity index (χ1n) is 5.78. The molecule has 15 heavy (non-hydrogen) atoms. The number of nitrogens with two attached hydrogens (primary N) is 1. The number of hydrogen-bond donors (Lipinski definition) is 1. The Kier molecular flexibility index (Phi) is 5.05. The van der Waals surface area contributed by atoms with Gasteiger partial charge in [-0.25, -0.2) is 0 Å². The summed E-state index contributed by atoms with van der Waals surface area (Å²) < 4.78 is 4.84. The van der Waals surface area contributed by atoms with Gasteiger partial charge in [-0.3, -0.25) is 9.69 Å². The van der Waals surface area contributed by atoms with E-state index in [0.717, 1.165) is 32.2 Å². The van der Waals surface area contributed by atoms with Gasteiger partial charge in [0, 0.05) is 12.6 Å². The number of carbonyl (C=O) groups excluding carboxylic acids is 1. The van der Waals surface area contributed by atoms with Crippen LogP contribution in [0.1, 0.15) is 32.6 Å². The Morgan fingerprint density at radius 2 is 2.33 bits per heavy atom. The number of nitrogens with zero attached hydrogens (tertiary/aromatic N) is 1. The first kappa shape index (κ1) is 12.5. The lowest BCUT2D eigenvalue weighted by Gasteiger charge is -2.38. The molecule has 0 aliphatic carbocycles. The molecule has 2 N–H and O–H groups in total. The highest BCUT2D eigenvalue weighted by molar-refractivity contribution is 5.75. The Balaban J connectivity index is 2.68. The fraction of sp³-hybridized carbons (Fsp3) is 0.909. The fourth-order valence-corrected chi connectivity index (χ4v) is 2.32. The molecule has 0 saturated carbocycles. The third-order valence-electron chi connectivity index (χ3n) is 3.23. The summed E-state index contributed by atoms with van der Waals surface area (Å²) >= 11 is 0. The second-order valence-corrected chi connectivity index (χ2v) is 4.07. The zero-order chi connectivity index (χ0) is 11.3. The maximum absolute atomic E-state index is 11.6. The molecule has 2 atom stereocenters. The minimum absolute atomic E-state index is 0.0720. The molecule has 1 saturated heterocycles. The van der Waals surface area contributed by atoms with Crippen molar-refractivity contribution < 1.29 is 9.53 Å². The van der Waals surface area contributed by atoms with E-state index in [0.29, 0.717) is 12.6 Å². The highest BCUT2D eigenvalue weighted by Crippen LogP contribution is 2.21. The topological polar surface area (TPSA) is 55.6 Å². The lowest BCUT2D eigenvalue weighted by Crippen LogP contribution is -2.52. The first-order chi connectivity index (χ1) is 7.24. The third-order valence-corrected chi connectivity index (χ3v) is 3.23. The van der Waals surface area contributed by atoms with Crippen LogP contribution in [0.3, 0.4) is 0 Å². The number of piperidine rings is 1. The van der Waals surface area contributed by atoms with Gasteiger partial charge >= 0.3 is 5.97 Å². The van der Waals surface area contributed by atoms with Gasteiger partial charge in [-0.2, -0.15) is 0 Å². The van der Waals surface area contributed by atoms with Crippen molar-refractivity contribution >= 4 is 5.97 Å². The van der Waals surface area contributed by atoms with E-state index in [-0.39, 0.29) is 12.0 Å². The Hall–Kier alpha value is -0.610. The molecule has 0 bridgehead atoms. The van der Waals surface area contributed by atoms with E-state index in [1.807, 2.05) is 0 Å². The second kappa shape index (κ2) is 6.08. The molecule has 4 heteroatoms. The van der Waals surface area contributed by atoms with Crippen molar-refractivity contribution in [3.63, 3.8) is 0 Å². The van der Waals surface area contributed by atoms with Crippen LogP contribution in [0.25, 0.3) is 0 Å². The molecule has 0 radical (unpaired) electrons. The highest BCUT2D eigenvalue weighted by Gasteiger charge is 2.32. The molecular formula is C11H22N2O2. The molecule has 0 spiro atoms. The number of carbonyl (C=O) groups is 1. The van der Waals surface area contributed by atoms with Crippen molar-refractivity contribution in [3.8, 4) is 0 Å². The largest absolute Gasteiger partial charge is 0.468 e. The normalized spacial score (nSPS) is 24.9. The molecule has 0 amide bonds. The van der Waals surface area contributed by atoms with E-state index in [2.05, 4.69) is 11.8 Å². The maximum atomic E-state index is 11.6. The summed E-state index contributed by atoms with van der Waals surface area (Å²) in [6.45, 7) is 3.69. The molecule has 0 aromatic rings. The monoisotopic (exact) mass is 214 g/mol. The lowest BCUT2D eigenvalue weighted by molar-refractivity contribution is -0.149.